The van der Waals surface area contributed by atoms with E-state index >= 15 is 0 Å². The summed E-state index contributed by atoms with van der Waals surface area (Å²) in [6.07, 6.45) is 3.53. The number of aromatic nitrogens is 3. The number of halogens is 1. The fourth-order valence-corrected chi connectivity index (χ4v) is 2.85. The second kappa shape index (κ2) is 6.87. The molecule has 0 aliphatic heterocycles. The molecule has 0 spiro atoms. The van der Waals surface area contributed by atoms with Crippen LogP contribution in [0.3, 0.4) is 0 Å². The average Bonchev–Trinajstić information content (AvgIpc) is 3.14. The molecule has 0 saturated heterocycles. The lowest BCUT2D eigenvalue weighted by molar-refractivity contribution is 0.262. The van der Waals surface area contributed by atoms with E-state index in [0.717, 1.165) is 22.2 Å². The maximum absolute atomic E-state index is 13.8. The molecule has 0 aliphatic rings. The summed E-state index contributed by atoms with van der Waals surface area (Å²) in [5, 5.41) is 13.1. The Morgan fingerprint density at radius 2 is 1.89 bits per heavy atom. The summed E-state index contributed by atoms with van der Waals surface area (Å²) in [6.45, 7) is 1.83. The van der Waals surface area contributed by atoms with Gasteiger partial charge in [0.15, 0.2) is 0 Å². The molecule has 0 radical (unpaired) electrons. The summed E-state index contributed by atoms with van der Waals surface area (Å²) < 4.78 is 15.5. The predicted octanol–water partition coefficient (Wildman–Crippen LogP) is 4.49. The molecule has 0 saturated carbocycles. The van der Waals surface area contributed by atoms with E-state index < -0.39 is 11.8 Å². The van der Waals surface area contributed by atoms with Crippen molar-refractivity contribution in [3.05, 3.63) is 78.4 Å². The highest BCUT2D eigenvalue weighted by Crippen LogP contribution is 2.25. The topological polar surface area (TPSA) is 71.3 Å². The molecule has 2 N–H and O–H groups in total. The van der Waals surface area contributed by atoms with Gasteiger partial charge >= 0.3 is 6.03 Å². The summed E-state index contributed by atoms with van der Waals surface area (Å²) in [6, 6.07) is 15.3. The molecule has 0 aliphatic carbocycles. The number of rotatable bonds is 3. The Balaban J connectivity index is 1.50. The lowest BCUT2D eigenvalue weighted by Gasteiger charge is -2.10. The number of urea groups is 1. The average molecular weight is 361 g/mol. The zero-order chi connectivity index (χ0) is 18.8. The third kappa shape index (κ3) is 3.48. The number of benzene rings is 2. The number of nitrogens with zero attached hydrogens (tertiary/aromatic N) is 3. The molecule has 0 unspecified atom stereocenters. The van der Waals surface area contributed by atoms with Crippen LogP contribution in [-0.2, 0) is 0 Å². The molecular formula is C20H16FN5O. The van der Waals surface area contributed by atoms with Crippen LogP contribution in [0.1, 0.15) is 5.56 Å². The number of hydrogen-bond acceptors (Lipinski definition) is 3. The zero-order valence-corrected chi connectivity index (χ0v) is 14.5. The van der Waals surface area contributed by atoms with Crippen LogP contribution in [0.15, 0.2) is 67.0 Å². The van der Waals surface area contributed by atoms with Gasteiger partial charge in [0, 0.05) is 17.4 Å². The van der Waals surface area contributed by atoms with E-state index in [-0.39, 0.29) is 5.69 Å². The third-order valence-corrected chi connectivity index (χ3v) is 4.16. The van der Waals surface area contributed by atoms with Crippen LogP contribution in [0.25, 0.3) is 16.6 Å². The SMILES string of the molecule is Cc1ccc(F)c(NC(=O)Nc2ccc(-c3cccn4nncc34)cc2)c1. The Bertz CT molecular complexity index is 1120. The third-order valence-electron chi connectivity index (χ3n) is 4.16. The van der Waals surface area contributed by atoms with Crippen molar-refractivity contribution in [3.63, 3.8) is 0 Å². The highest BCUT2D eigenvalue weighted by Gasteiger charge is 2.09. The second-order valence-corrected chi connectivity index (χ2v) is 6.13. The van der Waals surface area contributed by atoms with Gasteiger partial charge in [-0.25, -0.2) is 13.7 Å². The Morgan fingerprint density at radius 1 is 1.07 bits per heavy atom. The Morgan fingerprint density at radius 3 is 2.70 bits per heavy atom. The van der Waals surface area contributed by atoms with Crippen molar-refractivity contribution in [1.82, 2.24) is 14.8 Å². The molecule has 27 heavy (non-hydrogen) atoms. The van der Waals surface area contributed by atoms with Crippen LogP contribution in [0.4, 0.5) is 20.6 Å². The Hall–Kier alpha value is -3.74. The first-order chi connectivity index (χ1) is 13.1. The van der Waals surface area contributed by atoms with E-state index in [1.54, 1.807) is 35.0 Å². The van der Waals surface area contributed by atoms with Gasteiger partial charge in [0.1, 0.15) is 5.82 Å². The van der Waals surface area contributed by atoms with E-state index in [1.165, 1.54) is 6.07 Å². The number of carbonyl (C=O) groups is 1. The molecule has 4 aromatic rings. The number of carbonyl (C=O) groups excluding carboxylic acids is 1. The van der Waals surface area contributed by atoms with Gasteiger partial charge in [-0.1, -0.05) is 29.5 Å². The van der Waals surface area contributed by atoms with Crippen molar-refractivity contribution >= 4 is 22.9 Å². The number of pyridine rings is 1. The van der Waals surface area contributed by atoms with Crippen LogP contribution < -0.4 is 10.6 Å². The number of fused-ring (bicyclic) bond motifs is 1. The standard InChI is InChI=1S/C20H16FN5O/c1-13-4-9-17(21)18(11-13)24-20(27)23-15-7-5-14(6-8-15)16-3-2-10-26-19(16)12-22-25-26/h2-12H,1H3,(H2,23,24,27). The number of aryl methyl sites for hydroxylation is 1. The highest BCUT2D eigenvalue weighted by molar-refractivity contribution is 6.00. The summed E-state index contributed by atoms with van der Waals surface area (Å²) >= 11 is 0. The second-order valence-electron chi connectivity index (χ2n) is 6.13. The minimum atomic E-state index is -0.505. The summed E-state index contributed by atoms with van der Waals surface area (Å²) in [5.41, 5.74) is 4.45. The molecule has 2 amide bonds. The van der Waals surface area contributed by atoms with E-state index in [1.807, 2.05) is 37.4 Å². The van der Waals surface area contributed by atoms with E-state index in [0.29, 0.717) is 5.69 Å². The van der Waals surface area contributed by atoms with E-state index in [9.17, 15) is 9.18 Å². The maximum Gasteiger partial charge on any atom is 0.323 e. The minimum Gasteiger partial charge on any atom is -0.308 e. The van der Waals surface area contributed by atoms with Crippen molar-refractivity contribution in [2.24, 2.45) is 0 Å². The van der Waals surface area contributed by atoms with Crippen molar-refractivity contribution in [1.29, 1.82) is 0 Å². The fourth-order valence-electron chi connectivity index (χ4n) is 2.85. The minimum absolute atomic E-state index is 0.143. The molecule has 2 aromatic heterocycles. The van der Waals surface area contributed by atoms with Crippen LogP contribution in [0.5, 0.6) is 0 Å². The van der Waals surface area contributed by atoms with Gasteiger partial charge in [0.05, 0.1) is 17.4 Å². The van der Waals surface area contributed by atoms with Crippen molar-refractivity contribution in [2.75, 3.05) is 10.6 Å². The molecule has 7 heteroatoms. The molecule has 2 aromatic carbocycles. The summed E-state index contributed by atoms with van der Waals surface area (Å²) in [5.74, 6) is -0.478. The van der Waals surface area contributed by atoms with Gasteiger partial charge < -0.3 is 10.6 Å². The Labute approximate surface area is 154 Å². The molecule has 4 rings (SSSR count). The zero-order valence-electron chi connectivity index (χ0n) is 14.5. The number of amides is 2. The molecule has 0 bridgehead atoms. The molecule has 0 atom stereocenters. The largest absolute Gasteiger partial charge is 0.323 e. The van der Waals surface area contributed by atoms with Gasteiger partial charge in [0.2, 0.25) is 0 Å². The maximum atomic E-state index is 13.8. The lowest BCUT2D eigenvalue weighted by atomic mass is 10.1. The first kappa shape index (κ1) is 16.7. The quantitative estimate of drug-likeness (QED) is 0.565. The molecule has 0 fully saturated rings. The molecule has 134 valence electrons. The first-order valence-corrected chi connectivity index (χ1v) is 8.34. The van der Waals surface area contributed by atoms with Gasteiger partial charge in [-0.3, -0.25) is 0 Å². The van der Waals surface area contributed by atoms with Crippen molar-refractivity contribution in [2.45, 2.75) is 6.92 Å². The van der Waals surface area contributed by atoms with Crippen molar-refractivity contribution < 1.29 is 9.18 Å². The lowest BCUT2D eigenvalue weighted by Crippen LogP contribution is -2.20. The number of hydrogen-bond donors (Lipinski definition) is 2. The van der Waals surface area contributed by atoms with Crippen molar-refractivity contribution in [3.8, 4) is 11.1 Å². The van der Waals surface area contributed by atoms with Gasteiger partial charge in [-0.05, 0) is 48.4 Å². The van der Waals surface area contributed by atoms with E-state index in [2.05, 4.69) is 20.9 Å². The Kier molecular flexibility index (Phi) is 4.25. The van der Waals surface area contributed by atoms with Crippen LogP contribution in [0, 0.1) is 12.7 Å². The van der Waals surface area contributed by atoms with Crippen LogP contribution in [-0.4, -0.2) is 20.9 Å². The monoisotopic (exact) mass is 361 g/mol. The number of nitrogens with one attached hydrogen (secondary N) is 2. The van der Waals surface area contributed by atoms with Crippen LogP contribution in [0.2, 0.25) is 0 Å². The first-order valence-electron chi connectivity index (χ1n) is 8.34. The number of anilines is 2. The molecule has 6 nitrogen and oxygen atoms in total. The van der Waals surface area contributed by atoms with Gasteiger partial charge in [0.25, 0.3) is 0 Å². The molecular weight excluding hydrogens is 345 g/mol. The van der Waals surface area contributed by atoms with Gasteiger partial charge in [-0.15, -0.1) is 5.10 Å². The van der Waals surface area contributed by atoms with E-state index in [4.69, 9.17) is 0 Å². The smallest absolute Gasteiger partial charge is 0.308 e. The molecule has 2 heterocycles. The van der Waals surface area contributed by atoms with Crippen LogP contribution >= 0.6 is 0 Å². The fraction of sp³-hybridized carbons (Fsp3) is 0.0500. The summed E-state index contributed by atoms with van der Waals surface area (Å²) in [4.78, 5) is 12.1. The summed E-state index contributed by atoms with van der Waals surface area (Å²) in [7, 11) is 0. The highest BCUT2D eigenvalue weighted by atomic mass is 19.1. The predicted molar refractivity (Wildman–Crippen MR) is 102 cm³/mol. The normalized spacial score (nSPS) is 10.7. The van der Waals surface area contributed by atoms with Gasteiger partial charge in [-0.2, -0.15) is 0 Å².